The van der Waals surface area contributed by atoms with Crippen LogP contribution < -0.4 is 15.4 Å². The zero-order valence-electron chi connectivity index (χ0n) is 14.6. The number of aryl methyl sites for hydroxylation is 2. The number of ether oxygens (including phenoxy) is 1. The Morgan fingerprint density at radius 3 is 2.50 bits per heavy atom. The molecule has 0 atom stereocenters. The lowest BCUT2D eigenvalue weighted by Gasteiger charge is -2.10. The van der Waals surface area contributed by atoms with Gasteiger partial charge in [-0.3, -0.25) is 9.59 Å². The number of halogens is 2. The maximum absolute atomic E-state index is 13.6. The molecule has 0 aromatic heterocycles. The fourth-order valence-corrected chi connectivity index (χ4v) is 2.43. The van der Waals surface area contributed by atoms with Crippen LogP contribution in [0.4, 0.5) is 4.39 Å². The molecular formula is C19H20ClFN2O3. The van der Waals surface area contributed by atoms with Gasteiger partial charge < -0.3 is 15.4 Å². The third-order valence-electron chi connectivity index (χ3n) is 3.77. The summed E-state index contributed by atoms with van der Waals surface area (Å²) in [7, 11) is 0. The van der Waals surface area contributed by atoms with E-state index in [2.05, 4.69) is 10.6 Å². The fourth-order valence-electron chi connectivity index (χ4n) is 2.18. The molecule has 0 unspecified atom stereocenters. The Bertz CT molecular complexity index is 791. The molecule has 0 saturated heterocycles. The number of carbonyl (C=O) groups is 2. The van der Waals surface area contributed by atoms with Crippen LogP contribution in [-0.4, -0.2) is 31.5 Å². The molecule has 0 aliphatic heterocycles. The molecule has 0 aliphatic carbocycles. The molecular weight excluding hydrogens is 359 g/mol. The van der Waals surface area contributed by atoms with E-state index in [1.54, 1.807) is 6.07 Å². The summed E-state index contributed by atoms with van der Waals surface area (Å²) in [5, 5.41) is 5.15. The van der Waals surface area contributed by atoms with E-state index in [-0.39, 0.29) is 36.2 Å². The number of nitrogens with one attached hydrogen (secondary N) is 2. The topological polar surface area (TPSA) is 67.4 Å². The minimum atomic E-state index is -0.694. The maximum atomic E-state index is 13.6. The molecule has 0 fully saturated rings. The molecule has 2 N–H and O–H groups in total. The van der Waals surface area contributed by atoms with Gasteiger partial charge in [0.1, 0.15) is 11.6 Å². The Kier molecular flexibility index (Phi) is 6.97. The number of rotatable bonds is 7. The van der Waals surface area contributed by atoms with E-state index >= 15 is 0 Å². The van der Waals surface area contributed by atoms with Crippen LogP contribution in [0, 0.1) is 19.7 Å². The first-order valence-corrected chi connectivity index (χ1v) is 8.45. The van der Waals surface area contributed by atoms with Crippen molar-refractivity contribution in [2.75, 3.05) is 19.7 Å². The Labute approximate surface area is 156 Å². The Balaban J connectivity index is 1.71. The fraction of sp³-hybridized carbons (Fsp3) is 0.263. The van der Waals surface area contributed by atoms with Gasteiger partial charge in [0.25, 0.3) is 11.8 Å². The van der Waals surface area contributed by atoms with Crippen molar-refractivity contribution in [3.05, 3.63) is 63.9 Å². The number of carbonyl (C=O) groups excluding carboxylic acids is 2. The van der Waals surface area contributed by atoms with Gasteiger partial charge in [-0.2, -0.15) is 0 Å². The molecule has 0 saturated carbocycles. The van der Waals surface area contributed by atoms with Crippen molar-refractivity contribution in [3.8, 4) is 5.75 Å². The zero-order chi connectivity index (χ0) is 19.1. The third kappa shape index (κ3) is 5.46. The van der Waals surface area contributed by atoms with Crippen LogP contribution in [0.15, 0.2) is 36.4 Å². The van der Waals surface area contributed by atoms with Crippen molar-refractivity contribution in [2.24, 2.45) is 0 Å². The van der Waals surface area contributed by atoms with Gasteiger partial charge in [-0.25, -0.2) is 4.39 Å². The first-order valence-electron chi connectivity index (χ1n) is 8.07. The second-order valence-electron chi connectivity index (χ2n) is 5.74. The molecule has 0 spiro atoms. The largest absolute Gasteiger partial charge is 0.484 e. The summed E-state index contributed by atoms with van der Waals surface area (Å²) in [6.07, 6.45) is 0. The highest BCUT2D eigenvalue weighted by Gasteiger charge is 2.15. The highest BCUT2D eigenvalue weighted by atomic mass is 35.5. The molecule has 7 heteroatoms. The highest BCUT2D eigenvalue weighted by Crippen LogP contribution is 2.18. The second-order valence-corrected chi connectivity index (χ2v) is 6.14. The van der Waals surface area contributed by atoms with E-state index in [0.29, 0.717) is 5.75 Å². The van der Waals surface area contributed by atoms with Gasteiger partial charge in [0, 0.05) is 13.1 Å². The molecule has 138 valence electrons. The van der Waals surface area contributed by atoms with Gasteiger partial charge >= 0.3 is 0 Å². The first-order chi connectivity index (χ1) is 12.4. The monoisotopic (exact) mass is 378 g/mol. The first kappa shape index (κ1) is 19.7. The van der Waals surface area contributed by atoms with E-state index < -0.39 is 11.7 Å². The summed E-state index contributed by atoms with van der Waals surface area (Å²) < 4.78 is 19.0. The number of hydrogen-bond acceptors (Lipinski definition) is 3. The molecule has 2 aromatic carbocycles. The zero-order valence-corrected chi connectivity index (χ0v) is 15.3. The molecule has 0 bridgehead atoms. The summed E-state index contributed by atoms with van der Waals surface area (Å²) in [5.74, 6) is -1.03. The molecule has 2 aromatic rings. The lowest BCUT2D eigenvalue weighted by atomic mass is 10.1. The standard InChI is InChI=1S/C19H20ClFN2O3/c1-12-6-7-14(10-13(12)2)26-11-17(24)22-8-9-23-19(25)18-15(20)4-3-5-16(18)21/h3-7,10H,8-9,11H2,1-2H3,(H,22,24)(H,23,25). The van der Waals surface area contributed by atoms with Gasteiger partial charge in [0.2, 0.25) is 0 Å². The van der Waals surface area contributed by atoms with E-state index in [4.69, 9.17) is 16.3 Å². The van der Waals surface area contributed by atoms with Crippen molar-refractivity contribution in [1.29, 1.82) is 0 Å². The predicted molar refractivity (Wildman–Crippen MR) is 98.2 cm³/mol. The van der Waals surface area contributed by atoms with Crippen molar-refractivity contribution < 1.29 is 18.7 Å². The molecule has 26 heavy (non-hydrogen) atoms. The van der Waals surface area contributed by atoms with E-state index in [0.717, 1.165) is 17.2 Å². The average molecular weight is 379 g/mol. The maximum Gasteiger partial charge on any atom is 0.258 e. The van der Waals surface area contributed by atoms with Crippen LogP contribution >= 0.6 is 11.6 Å². The van der Waals surface area contributed by atoms with Crippen molar-refractivity contribution in [1.82, 2.24) is 10.6 Å². The van der Waals surface area contributed by atoms with Gasteiger partial charge in [-0.15, -0.1) is 0 Å². The summed E-state index contributed by atoms with van der Waals surface area (Å²) >= 11 is 5.82. The molecule has 2 amide bonds. The van der Waals surface area contributed by atoms with Crippen molar-refractivity contribution in [3.63, 3.8) is 0 Å². The van der Waals surface area contributed by atoms with Crippen LogP contribution in [-0.2, 0) is 4.79 Å². The lowest BCUT2D eigenvalue weighted by Crippen LogP contribution is -2.37. The van der Waals surface area contributed by atoms with Crippen LogP contribution in [0.2, 0.25) is 5.02 Å². The number of amides is 2. The van der Waals surface area contributed by atoms with Crippen LogP contribution in [0.25, 0.3) is 0 Å². The summed E-state index contributed by atoms with van der Waals surface area (Å²) in [6, 6.07) is 9.60. The van der Waals surface area contributed by atoms with Crippen molar-refractivity contribution in [2.45, 2.75) is 13.8 Å². The van der Waals surface area contributed by atoms with Gasteiger partial charge in [0.15, 0.2) is 6.61 Å². The molecule has 2 rings (SSSR count). The predicted octanol–water partition coefficient (Wildman–Crippen LogP) is 3.02. The molecule has 0 aliphatic rings. The highest BCUT2D eigenvalue weighted by molar-refractivity contribution is 6.33. The minimum Gasteiger partial charge on any atom is -0.484 e. The minimum absolute atomic E-state index is 0.0355. The van der Waals surface area contributed by atoms with Gasteiger partial charge in [-0.05, 0) is 49.2 Å². The average Bonchev–Trinajstić information content (AvgIpc) is 2.59. The van der Waals surface area contributed by atoms with Crippen LogP contribution in [0.3, 0.4) is 0 Å². The number of benzene rings is 2. The van der Waals surface area contributed by atoms with Crippen LogP contribution in [0.1, 0.15) is 21.5 Å². The van der Waals surface area contributed by atoms with E-state index in [9.17, 15) is 14.0 Å². The summed E-state index contributed by atoms with van der Waals surface area (Å²) in [5.41, 5.74) is 2.02. The SMILES string of the molecule is Cc1ccc(OCC(=O)NCCNC(=O)c2c(F)cccc2Cl)cc1C. The normalized spacial score (nSPS) is 10.3. The lowest BCUT2D eigenvalue weighted by molar-refractivity contribution is -0.123. The summed E-state index contributed by atoms with van der Waals surface area (Å²) in [6.45, 7) is 4.16. The van der Waals surface area contributed by atoms with E-state index in [1.807, 2.05) is 26.0 Å². The Hall–Kier alpha value is -2.60. The molecule has 0 radical (unpaired) electrons. The van der Waals surface area contributed by atoms with Crippen LogP contribution in [0.5, 0.6) is 5.75 Å². The quantitative estimate of drug-likeness (QED) is 0.728. The van der Waals surface area contributed by atoms with Crippen molar-refractivity contribution >= 4 is 23.4 Å². The number of hydrogen-bond donors (Lipinski definition) is 2. The van der Waals surface area contributed by atoms with E-state index in [1.165, 1.54) is 12.1 Å². The second kappa shape index (κ2) is 9.20. The molecule has 5 nitrogen and oxygen atoms in total. The van der Waals surface area contributed by atoms with Gasteiger partial charge in [0.05, 0.1) is 10.6 Å². The molecule has 0 heterocycles. The third-order valence-corrected chi connectivity index (χ3v) is 4.09. The Morgan fingerprint density at radius 1 is 1.08 bits per heavy atom. The summed E-state index contributed by atoms with van der Waals surface area (Å²) in [4.78, 5) is 23.7. The van der Waals surface area contributed by atoms with Gasteiger partial charge in [-0.1, -0.05) is 23.7 Å². The Morgan fingerprint density at radius 2 is 1.81 bits per heavy atom. The smallest absolute Gasteiger partial charge is 0.258 e.